The summed E-state index contributed by atoms with van der Waals surface area (Å²) in [4.78, 5) is 23.9. The monoisotopic (exact) mass is 308 g/mol. The summed E-state index contributed by atoms with van der Waals surface area (Å²) in [5.74, 6) is -0.755. The van der Waals surface area contributed by atoms with E-state index in [1.165, 1.54) is 17.5 Å². The van der Waals surface area contributed by atoms with Gasteiger partial charge in [-0.1, -0.05) is 48.5 Å². The molecule has 23 heavy (non-hydrogen) atoms. The van der Waals surface area contributed by atoms with E-state index in [0.717, 1.165) is 18.4 Å². The average Bonchev–Trinajstić information content (AvgIpc) is 3.01. The van der Waals surface area contributed by atoms with E-state index in [9.17, 15) is 9.59 Å². The van der Waals surface area contributed by atoms with Gasteiger partial charge in [-0.15, -0.1) is 0 Å². The fourth-order valence-electron chi connectivity index (χ4n) is 3.10. The third-order valence-corrected chi connectivity index (χ3v) is 4.25. The first-order valence-corrected chi connectivity index (χ1v) is 7.88. The van der Waals surface area contributed by atoms with Crippen LogP contribution in [0.4, 0.5) is 0 Å². The van der Waals surface area contributed by atoms with Crippen LogP contribution in [0.25, 0.3) is 0 Å². The molecule has 0 fully saturated rings. The van der Waals surface area contributed by atoms with E-state index < -0.39 is 11.9 Å². The molecule has 1 atom stereocenters. The van der Waals surface area contributed by atoms with Crippen molar-refractivity contribution < 1.29 is 9.59 Å². The van der Waals surface area contributed by atoms with Crippen molar-refractivity contribution in [1.82, 2.24) is 5.32 Å². The molecule has 0 aromatic heterocycles. The van der Waals surface area contributed by atoms with Gasteiger partial charge in [0.15, 0.2) is 0 Å². The molecule has 2 amide bonds. The lowest BCUT2D eigenvalue weighted by molar-refractivity contribution is -0.127. The molecule has 0 radical (unpaired) electrons. The van der Waals surface area contributed by atoms with Crippen LogP contribution in [0.1, 0.15) is 34.7 Å². The number of aryl methyl sites for hydroxylation is 2. The van der Waals surface area contributed by atoms with Crippen LogP contribution in [0.2, 0.25) is 0 Å². The number of rotatable bonds is 5. The Balaban J connectivity index is 1.69. The highest BCUT2D eigenvalue weighted by Gasteiger charge is 2.20. The van der Waals surface area contributed by atoms with Gasteiger partial charge in [0, 0.05) is 0 Å². The van der Waals surface area contributed by atoms with E-state index in [-0.39, 0.29) is 12.3 Å². The molecule has 118 valence electrons. The van der Waals surface area contributed by atoms with Gasteiger partial charge in [0.05, 0.1) is 6.42 Å². The van der Waals surface area contributed by atoms with Crippen LogP contribution in [0, 0.1) is 0 Å². The summed E-state index contributed by atoms with van der Waals surface area (Å²) in [6.45, 7) is 0. The maximum Gasteiger partial charge on any atom is 0.244 e. The lowest BCUT2D eigenvalue weighted by Crippen LogP contribution is -2.38. The van der Waals surface area contributed by atoms with Crippen molar-refractivity contribution in [3.63, 3.8) is 0 Å². The van der Waals surface area contributed by atoms with E-state index in [0.29, 0.717) is 5.56 Å². The van der Waals surface area contributed by atoms with E-state index in [1.807, 2.05) is 24.3 Å². The van der Waals surface area contributed by atoms with Gasteiger partial charge in [0.1, 0.15) is 6.04 Å². The van der Waals surface area contributed by atoms with Crippen molar-refractivity contribution in [2.45, 2.75) is 31.7 Å². The highest BCUT2D eigenvalue weighted by molar-refractivity contribution is 5.88. The second-order valence-corrected chi connectivity index (χ2v) is 5.95. The first-order valence-electron chi connectivity index (χ1n) is 7.88. The quantitative estimate of drug-likeness (QED) is 0.887. The summed E-state index contributed by atoms with van der Waals surface area (Å²) < 4.78 is 0. The van der Waals surface area contributed by atoms with Crippen molar-refractivity contribution >= 4 is 11.8 Å². The van der Waals surface area contributed by atoms with Crippen LogP contribution < -0.4 is 11.1 Å². The van der Waals surface area contributed by atoms with Crippen LogP contribution in [-0.2, 0) is 28.9 Å². The van der Waals surface area contributed by atoms with Gasteiger partial charge in [-0.05, 0) is 41.5 Å². The third-order valence-electron chi connectivity index (χ3n) is 4.25. The van der Waals surface area contributed by atoms with Gasteiger partial charge in [-0.25, -0.2) is 0 Å². The fraction of sp³-hybridized carbons (Fsp3) is 0.263. The Bertz CT molecular complexity index is 725. The van der Waals surface area contributed by atoms with Crippen molar-refractivity contribution in [3.05, 3.63) is 70.8 Å². The second-order valence-electron chi connectivity index (χ2n) is 5.95. The predicted octanol–water partition coefficient (Wildman–Crippen LogP) is 2.06. The summed E-state index contributed by atoms with van der Waals surface area (Å²) in [7, 11) is 0. The lowest BCUT2D eigenvalue weighted by atomic mass is 10.0. The third kappa shape index (κ3) is 3.59. The number of carbonyl (C=O) groups excluding carboxylic acids is 2. The molecular formula is C19H20N2O2. The Labute approximate surface area is 135 Å². The molecule has 0 saturated heterocycles. The smallest absolute Gasteiger partial charge is 0.244 e. The minimum absolute atomic E-state index is 0.199. The molecule has 0 heterocycles. The van der Waals surface area contributed by atoms with Gasteiger partial charge in [0.2, 0.25) is 11.8 Å². The maximum absolute atomic E-state index is 12.3. The highest BCUT2D eigenvalue weighted by Crippen LogP contribution is 2.23. The van der Waals surface area contributed by atoms with E-state index in [4.69, 9.17) is 5.73 Å². The number of fused-ring (bicyclic) bond motifs is 1. The summed E-state index contributed by atoms with van der Waals surface area (Å²) in [5, 5.41) is 2.74. The van der Waals surface area contributed by atoms with Gasteiger partial charge in [-0.2, -0.15) is 0 Å². The molecule has 0 unspecified atom stereocenters. The molecule has 4 nitrogen and oxygen atoms in total. The van der Waals surface area contributed by atoms with Crippen LogP contribution in [0.5, 0.6) is 0 Å². The number of hydrogen-bond donors (Lipinski definition) is 2. The standard InChI is InChI=1S/C19H20N2O2/c20-19(23)18(15-5-2-1-3-6-15)21-17(22)12-13-9-10-14-7-4-8-16(14)11-13/h1-3,5-6,9-11,18H,4,7-8,12H2,(H2,20,23)(H,21,22)/t18-/m1/s1. The van der Waals surface area contributed by atoms with Gasteiger partial charge in [-0.3, -0.25) is 9.59 Å². The summed E-state index contributed by atoms with van der Waals surface area (Å²) in [5.41, 5.74) is 9.82. The number of nitrogens with one attached hydrogen (secondary N) is 1. The number of amides is 2. The molecular weight excluding hydrogens is 288 g/mol. The van der Waals surface area contributed by atoms with Crippen LogP contribution in [0.15, 0.2) is 48.5 Å². The van der Waals surface area contributed by atoms with Gasteiger partial charge >= 0.3 is 0 Å². The molecule has 2 aromatic rings. The minimum atomic E-state index is -0.793. The SMILES string of the molecule is NC(=O)[C@H](NC(=O)Cc1ccc2c(c1)CCC2)c1ccccc1. The van der Waals surface area contributed by atoms with Crippen LogP contribution in [0.3, 0.4) is 0 Å². The summed E-state index contributed by atoms with van der Waals surface area (Å²) in [6.07, 6.45) is 3.64. The molecule has 0 spiro atoms. The van der Waals surface area contributed by atoms with E-state index in [1.54, 1.807) is 12.1 Å². The zero-order valence-corrected chi connectivity index (χ0v) is 12.9. The molecule has 1 aliphatic rings. The summed E-state index contributed by atoms with van der Waals surface area (Å²) in [6, 6.07) is 14.5. The topological polar surface area (TPSA) is 72.2 Å². The van der Waals surface area contributed by atoms with Gasteiger partial charge in [0.25, 0.3) is 0 Å². The van der Waals surface area contributed by atoms with Crippen molar-refractivity contribution in [3.8, 4) is 0 Å². The summed E-state index contributed by atoms with van der Waals surface area (Å²) >= 11 is 0. The lowest BCUT2D eigenvalue weighted by Gasteiger charge is -2.16. The molecule has 4 heteroatoms. The first-order chi connectivity index (χ1) is 11.1. The Morgan fingerprint density at radius 3 is 2.52 bits per heavy atom. The molecule has 2 aromatic carbocycles. The van der Waals surface area contributed by atoms with Crippen LogP contribution in [-0.4, -0.2) is 11.8 Å². The van der Waals surface area contributed by atoms with E-state index in [2.05, 4.69) is 17.4 Å². The molecule has 3 N–H and O–H groups in total. The normalized spacial score (nSPS) is 14.1. The number of nitrogens with two attached hydrogens (primary N) is 1. The van der Waals surface area contributed by atoms with Crippen LogP contribution >= 0.6 is 0 Å². The Morgan fingerprint density at radius 2 is 1.78 bits per heavy atom. The molecule has 0 bridgehead atoms. The van der Waals surface area contributed by atoms with Crippen molar-refractivity contribution in [2.75, 3.05) is 0 Å². The Kier molecular flexibility index (Phi) is 4.42. The molecule has 1 aliphatic carbocycles. The molecule has 3 rings (SSSR count). The zero-order chi connectivity index (χ0) is 16.2. The molecule has 0 saturated carbocycles. The number of carbonyl (C=O) groups is 2. The highest BCUT2D eigenvalue weighted by atomic mass is 16.2. The fourth-order valence-corrected chi connectivity index (χ4v) is 3.10. The minimum Gasteiger partial charge on any atom is -0.368 e. The number of primary amides is 1. The molecule has 0 aliphatic heterocycles. The van der Waals surface area contributed by atoms with Gasteiger partial charge < -0.3 is 11.1 Å². The Morgan fingerprint density at radius 1 is 1.04 bits per heavy atom. The maximum atomic E-state index is 12.3. The second kappa shape index (κ2) is 6.65. The average molecular weight is 308 g/mol. The van der Waals surface area contributed by atoms with Crippen molar-refractivity contribution in [2.24, 2.45) is 5.73 Å². The first kappa shape index (κ1) is 15.3. The van der Waals surface area contributed by atoms with E-state index >= 15 is 0 Å². The largest absolute Gasteiger partial charge is 0.368 e. The number of hydrogen-bond acceptors (Lipinski definition) is 2. The zero-order valence-electron chi connectivity index (χ0n) is 12.9. The predicted molar refractivity (Wildman–Crippen MR) is 88.7 cm³/mol. The number of benzene rings is 2. The Hall–Kier alpha value is -2.62. The van der Waals surface area contributed by atoms with Crippen molar-refractivity contribution in [1.29, 1.82) is 0 Å².